The minimum Gasteiger partial charge on any atom is -0.360 e. The minimum absolute atomic E-state index is 0.146. The van der Waals surface area contributed by atoms with Gasteiger partial charge in [-0.25, -0.2) is 4.79 Å². The van der Waals surface area contributed by atoms with Gasteiger partial charge in [-0.3, -0.25) is 4.90 Å². The summed E-state index contributed by atoms with van der Waals surface area (Å²) in [5, 5.41) is 5.97. The van der Waals surface area contributed by atoms with Gasteiger partial charge in [-0.15, -0.1) is 0 Å². The molecule has 1 heterocycles. The smallest absolute Gasteiger partial charge is 0.323 e. The number of nitrogens with zero attached hydrogens (tertiary/aromatic N) is 1. The lowest BCUT2D eigenvalue weighted by atomic mass is 10.3. The standard InChI is InChI=1S/C6H11N3OS/c1-4-3-8-6(11)9(4)5(10)7-2/h4H,3H2,1-2H3,(H,7,10)(H,8,11). The molecule has 62 valence electrons. The molecule has 0 saturated carbocycles. The second-order valence-electron chi connectivity index (χ2n) is 2.46. The molecule has 1 aliphatic heterocycles. The molecule has 1 aliphatic rings. The maximum atomic E-state index is 11.1. The van der Waals surface area contributed by atoms with Crippen LogP contribution in [0, 0.1) is 0 Å². The van der Waals surface area contributed by atoms with Crippen LogP contribution in [-0.2, 0) is 0 Å². The number of hydrogen-bond donors (Lipinski definition) is 2. The molecule has 1 atom stereocenters. The lowest BCUT2D eigenvalue weighted by Crippen LogP contribution is -2.43. The largest absolute Gasteiger partial charge is 0.360 e. The van der Waals surface area contributed by atoms with E-state index in [9.17, 15) is 4.79 Å². The Bertz CT molecular complexity index is 194. The summed E-state index contributed by atoms with van der Waals surface area (Å²) in [6, 6.07) is 0.00921. The first-order chi connectivity index (χ1) is 5.16. The molecule has 0 aromatic heterocycles. The van der Waals surface area contributed by atoms with E-state index >= 15 is 0 Å². The highest BCUT2D eigenvalue weighted by molar-refractivity contribution is 7.80. The van der Waals surface area contributed by atoms with Gasteiger partial charge in [-0.05, 0) is 19.1 Å². The van der Waals surface area contributed by atoms with Gasteiger partial charge in [-0.2, -0.15) is 0 Å². The van der Waals surface area contributed by atoms with Gasteiger partial charge in [0.05, 0.1) is 6.04 Å². The zero-order valence-corrected chi connectivity index (χ0v) is 7.36. The predicted molar refractivity (Wildman–Crippen MR) is 46.4 cm³/mol. The lowest BCUT2D eigenvalue weighted by Gasteiger charge is -2.18. The first-order valence-electron chi connectivity index (χ1n) is 3.45. The van der Waals surface area contributed by atoms with E-state index in [0.717, 1.165) is 6.54 Å². The number of amides is 2. The number of rotatable bonds is 0. The van der Waals surface area contributed by atoms with Crippen LogP contribution in [0.25, 0.3) is 0 Å². The van der Waals surface area contributed by atoms with Crippen molar-refractivity contribution in [1.29, 1.82) is 0 Å². The van der Waals surface area contributed by atoms with Crippen LogP contribution < -0.4 is 10.6 Å². The molecule has 11 heavy (non-hydrogen) atoms. The fourth-order valence-electron chi connectivity index (χ4n) is 1.02. The second-order valence-corrected chi connectivity index (χ2v) is 2.85. The van der Waals surface area contributed by atoms with Crippen LogP contribution in [0.2, 0.25) is 0 Å². The van der Waals surface area contributed by atoms with Crippen molar-refractivity contribution >= 4 is 23.4 Å². The van der Waals surface area contributed by atoms with Crippen molar-refractivity contribution in [2.45, 2.75) is 13.0 Å². The Morgan fingerprint density at radius 2 is 2.55 bits per heavy atom. The maximum absolute atomic E-state index is 11.1. The highest BCUT2D eigenvalue weighted by atomic mass is 32.1. The van der Waals surface area contributed by atoms with E-state index in [1.807, 2.05) is 6.92 Å². The molecule has 0 aliphatic carbocycles. The van der Waals surface area contributed by atoms with Gasteiger partial charge in [0, 0.05) is 13.6 Å². The molecule has 5 heteroatoms. The Morgan fingerprint density at radius 3 is 2.91 bits per heavy atom. The highest BCUT2D eigenvalue weighted by Crippen LogP contribution is 2.05. The molecular weight excluding hydrogens is 162 g/mol. The summed E-state index contributed by atoms with van der Waals surface area (Å²) < 4.78 is 0. The normalized spacial score (nSPS) is 23.3. The van der Waals surface area contributed by atoms with Crippen LogP contribution in [0.15, 0.2) is 0 Å². The third kappa shape index (κ3) is 1.42. The maximum Gasteiger partial charge on any atom is 0.323 e. The summed E-state index contributed by atoms with van der Waals surface area (Å²) >= 11 is 4.91. The Balaban J connectivity index is 2.68. The van der Waals surface area contributed by atoms with Crippen LogP contribution in [0.5, 0.6) is 0 Å². The summed E-state index contributed by atoms with van der Waals surface area (Å²) in [5.74, 6) is 0. The third-order valence-electron chi connectivity index (χ3n) is 1.64. The Hall–Kier alpha value is -0.840. The van der Waals surface area contributed by atoms with Gasteiger partial charge in [0.15, 0.2) is 5.11 Å². The van der Waals surface area contributed by atoms with Gasteiger partial charge in [-0.1, -0.05) is 0 Å². The van der Waals surface area contributed by atoms with Crippen molar-refractivity contribution in [1.82, 2.24) is 15.5 Å². The van der Waals surface area contributed by atoms with E-state index in [1.54, 1.807) is 7.05 Å². The van der Waals surface area contributed by atoms with Crippen molar-refractivity contribution in [2.75, 3.05) is 13.6 Å². The average Bonchev–Trinajstić information content (AvgIpc) is 2.30. The van der Waals surface area contributed by atoms with E-state index in [0.29, 0.717) is 5.11 Å². The number of thiocarbonyl (C=S) groups is 1. The number of hydrogen-bond acceptors (Lipinski definition) is 2. The highest BCUT2D eigenvalue weighted by Gasteiger charge is 2.28. The average molecular weight is 173 g/mol. The summed E-state index contributed by atoms with van der Waals surface area (Å²) in [6.45, 7) is 2.69. The molecule has 1 unspecified atom stereocenters. The van der Waals surface area contributed by atoms with Crippen LogP contribution in [0.4, 0.5) is 4.79 Å². The topological polar surface area (TPSA) is 44.4 Å². The molecule has 0 aromatic carbocycles. The van der Waals surface area contributed by atoms with Crippen LogP contribution in [0.1, 0.15) is 6.92 Å². The first-order valence-corrected chi connectivity index (χ1v) is 3.86. The van der Waals surface area contributed by atoms with Crippen molar-refractivity contribution in [3.63, 3.8) is 0 Å². The zero-order chi connectivity index (χ0) is 8.43. The molecule has 2 N–H and O–H groups in total. The number of urea groups is 1. The van der Waals surface area contributed by atoms with Crippen molar-refractivity contribution in [3.8, 4) is 0 Å². The van der Waals surface area contributed by atoms with Crippen LogP contribution in [0.3, 0.4) is 0 Å². The fourth-order valence-corrected chi connectivity index (χ4v) is 1.37. The van der Waals surface area contributed by atoms with Crippen molar-refractivity contribution in [3.05, 3.63) is 0 Å². The monoisotopic (exact) mass is 173 g/mol. The van der Waals surface area contributed by atoms with E-state index < -0.39 is 0 Å². The summed E-state index contributed by atoms with van der Waals surface area (Å²) in [6.07, 6.45) is 0. The first kappa shape index (κ1) is 8.26. The Morgan fingerprint density at radius 1 is 1.91 bits per heavy atom. The molecule has 1 fully saturated rings. The predicted octanol–water partition coefficient (Wildman–Crippen LogP) is -0.0956. The number of nitrogens with one attached hydrogen (secondary N) is 2. The SMILES string of the molecule is CNC(=O)N1C(=S)NCC1C. The quantitative estimate of drug-likeness (QED) is 0.503. The number of carbonyl (C=O) groups is 1. The summed E-state index contributed by atoms with van der Waals surface area (Å²) in [7, 11) is 1.59. The molecule has 0 bridgehead atoms. The van der Waals surface area contributed by atoms with Gasteiger partial charge in [0.1, 0.15) is 0 Å². The fraction of sp³-hybridized carbons (Fsp3) is 0.667. The van der Waals surface area contributed by atoms with Crippen LogP contribution in [-0.4, -0.2) is 35.7 Å². The molecule has 1 saturated heterocycles. The zero-order valence-electron chi connectivity index (χ0n) is 6.55. The molecule has 0 radical (unpaired) electrons. The van der Waals surface area contributed by atoms with Gasteiger partial charge in [0.25, 0.3) is 0 Å². The van der Waals surface area contributed by atoms with E-state index in [-0.39, 0.29) is 12.1 Å². The molecule has 1 rings (SSSR count). The lowest BCUT2D eigenvalue weighted by molar-refractivity contribution is 0.218. The van der Waals surface area contributed by atoms with Gasteiger partial charge < -0.3 is 10.6 Å². The molecule has 0 spiro atoms. The van der Waals surface area contributed by atoms with Crippen molar-refractivity contribution in [2.24, 2.45) is 0 Å². The Kier molecular flexibility index (Phi) is 2.28. The summed E-state index contributed by atoms with van der Waals surface area (Å²) in [4.78, 5) is 12.7. The van der Waals surface area contributed by atoms with Gasteiger partial charge >= 0.3 is 6.03 Å². The van der Waals surface area contributed by atoms with Crippen molar-refractivity contribution < 1.29 is 4.79 Å². The molecule has 2 amide bonds. The second kappa shape index (κ2) is 3.04. The third-order valence-corrected chi connectivity index (χ3v) is 1.98. The molecule has 0 aromatic rings. The Labute approximate surface area is 70.9 Å². The summed E-state index contributed by atoms with van der Waals surface area (Å²) in [5.41, 5.74) is 0. The molecule has 4 nitrogen and oxygen atoms in total. The van der Waals surface area contributed by atoms with E-state index in [2.05, 4.69) is 10.6 Å². The van der Waals surface area contributed by atoms with E-state index in [4.69, 9.17) is 12.2 Å². The van der Waals surface area contributed by atoms with Crippen LogP contribution >= 0.6 is 12.2 Å². The number of carbonyl (C=O) groups excluding carboxylic acids is 1. The minimum atomic E-state index is -0.146. The van der Waals surface area contributed by atoms with E-state index in [1.165, 1.54) is 4.90 Å². The molecular formula is C6H11N3OS. The van der Waals surface area contributed by atoms with Gasteiger partial charge in [0.2, 0.25) is 0 Å².